The first-order valence-electron chi connectivity index (χ1n) is 11.8. The number of likely N-dealkylation sites (tertiary alicyclic amines) is 1. The van der Waals surface area contributed by atoms with Gasteiger partial charge in [-0.3, -0.25) is 9.59 Å². The summed E-state index contributed by atoms with van der Waals surface area (Å²) in [5.41, 5.74) is 1.22. The zero-order chi connectivity index (χ0) is 23.4. The molecule has 33 heavy (non-hydrogen) atoms. The van der Waals surface area contributed by atoms with Crippen LogP contribution in [0.4, 0.5) is 0 Å². The molecule has 0 amide bonds. The Morgan fingerprint density at radius 1 is 1.12 bits per heavy atom. The lowest BCUT2D eigenvalue weighted by atomic mass is 9.86. The standard InChI is InChI=1S/C27H33N3O3/c1-27(2,26-28-23-8-5-4-7-22(23)25(32)29-26)15-6-16-30-17-13-20(14-18-30)24(31)19-9-11-21(33-3)12-10-19/h4-5,7-12,20H,6,13-18H2,1-3H3,(H,28,29,32). The average Bonchev–Trinajstić information content (AvgIpc) is 2.84. The Hall–Kier alpha value is -2.99. The largest absolute Gasteiger partial charge is 0.497 e. The minimum absolute atomic E-state index is 0.0766. The molecule has 0 unspecified atom stereocenters. The number of ether oxygens (including phenoxy) is 1. The summed E-state index contributed by atoms with van der Waals surface area (Å²) in [4.78, 5) is 35.5. The SMILES string of the molecule is COc1ccc(C(=O)C2CCN(CCCC(C)(C)c3nc4ccccc4c(=O)[nH]3)CC2)cc1. The van der Waals surface area contributed by atoms with Gasteiger partial charge in [-0.1, -0.05) is 26.0 Å². The zero-order valence-electron chi connectivity index (χ0n) is 19.8. The number of aromatic nitrogens is 2. The molecular weight excluding hydrogens is 414 g/mol. The molecule has 3 aromatic rings. The van der Waals surface area contributed by atoms with E-state index in [0.717, 1.165) is 68.0 Å². The van der Waals surface area contributed by atoms with Crippen LogP contribution < -0.4 is 10.3 Å². The number of H-pyrrole nitrogens is 1. The van der Waals surface area contributed by atoms with Crippen molar-refractivity contribution in [2.75, 3.05) is 26.7 Å². The fraction of sp³-hybridized carbons (Fsp3) is 0.444. The Balaban J connectivity index is 1.28. The van der Waals surface area contributed by atoms with E-state index in [9.17, 15) is 9.59 Å². The molecule has 1 saturated heterocycles. The van der Waals surface area contributed by atoms with Crippen LogP contribution in [0.2, 0.25) is 0 Å². The van der Waals surface area contributed by atoms with Crippen molar-refractivity contribution in [2.24, 2.45) is 5.92 Å². The predicted octanol–water partition coefficient (Wildman–Crippen LogP) is 4.58. The molecule has 174 valence electrons. The number of rotatable bonds is 8. The normalized spacial score (nSPS) is 15.6. The van der Waals surface area contributed by atoms with Gasteiger partial charge in [0.2, 0.25) is 0 Å². The minimum Gasteiger partial charge on any atom is -0.497 e. The van der Waals surface area contributed by atoms with Gasteiger partial charge in [-0.25, -0.2) is 4.98 Å². The first kappa shape index (κ1) is 23.2. The van der Waals surface area contributed by atoms with Gasteiger partial charge >= 0.3 is 0 Å². The molecule has 0 aliphatic carbocycles. The van der Waals surface area contributed by atoms with Gasteiger partial charge in [0.05, 0.1) is 18.0 Å². The fourth-order valence-corrected chi connectivity index (χ4v) is 4.68. The van der Waals surface area contributed by atoms with Crippen LogP contribution in [0.3, 0.4) is 0 Å². The second-order valence-corrected chi connectivity index (χ2v) is 9.63. The highest BCUT2D eigenvalue weighted by atomic mass is 16.5. The van der Waals surface area contributed by atoms with Gasteiger partial charge in [0, 0.05) is 16.9 Å². The lowest BCUT2D eigenvalue weighted by Gasteiger charge is -2.32. The van der Waals surface area contributed by atoms with Crippen molar-refractivity contribution in [1.82, 2.24) is 14.9 Å². The van der Waals surface area contributed by atoms with E-state index in [1.807, 2.05) is 42.5 Å². The van der Waals surface area contributed by atoms with Gasteiger partial charge in [-0.15, -0.1) is 0 Å². The fourth-order valence-electron chi connectivity index (χ4n) is 4.68. The molecule has 6 nitrogen and oxygen atoms in total. The quantitative estimate of drug-likeness (QED) is 0.512. The number of carbonyl (C=O) groups excluding carboxylic acids is 1. The number of piperidine rings is 1. The summed E-state index contributed by atoms with van der Waals surface area (Å²) in [6.07, 6.45) is 3.74. The van der Waals surface area contributed by atoms with Crippen molar-refractivity contribution in [2.45, 2.75) is 44.9 Å². The van der Waals surface area contributed by atoms with E-state index in [1.54, 1.807) is 13.2 Å². The molecule has 1 fully saturated rings. The summed E-state index contributed by atoms with van der Waals surface area (Å²) >= 11 is 0. The highest BCUT2D eigenvalue weighted by molar-refractivity contribution is 5.98. The van der Waals surface area contributed by atoms with Crippen molar-refractivity contribution in [3.63, 3.8) is 0 Å². The number of benzene rings is 2. The van der Waals surface area contributed by atoms with Crippen LogP contribution in [0, 0.1) is 5.92 Å². The Bertz CT molecular complexity index is 1160. The van der Waals surface area contributed by atoms with Crippen LogP contribution in [0.5, 0.6) is 5.75 Å². The molecule has 1 aromatic heterocycles. The van der Waals surface area contributed by atoms with Crippen LogP contribution in [0.25, 0.3) is 10.9 Å². The number of para-hydroxylation sites is 1. The number of carbonyl (C=O) groups is 1. The summed E-state index contributed by atoms with van der Waals surface area (Å²) in [5.74, 6) is 1.85. The molecule has 0 spiro atoms. The van der Waals surface area contributed by atoms with Crippen LogP contribution in [-0.2, 0) is 5.41 Å². The van der Waals surface area contributed by atoms with Crippen molar-refractivity contribution >= 4 is 16.7 Å². The number of fused-ring (bicyclic) bond motifs is 1. The molecular formula is C27H33N3O3. The third-order valence-corrected chi connectivity index (χ3v) is 6.86. The van der Waals surface area contributed by atoms with E-state index in [1.165, 1.54) is 0 Å². The Morgan fingerprint density at radius 3 is 2.52 bits per heavy atom. The van der Waals surface area contributed by atoms with Crippen LogP contribution in [0.1, 0.15) is 55.7 Å². The third kappa shape index (κ3) is 5.33. The number of ketones is 1. The minimum atomic E-state index is -0.216. The van der Waals surface area contributed by atoms with Crippen molar-refractivity contribution in [3.8, 4) is 5.75 Å². The van der Waals surface area contributed by atoms with Gasteiger partial charge in [-0.05, 0) is 81.7 Å². The second-order valence-electron chi connectivity index (χ2n) is 9.63. The Morgan fingerprint density at radius 2 is 1.82 bits per heavy atom. The Labute approximate surface area is 195 Å². The number of nitrogens with one attached hydrogen (secondary N) is 1. The van der Waals surface area contributed by atoms with Gasteiger partial charge < -0.3 is 14.6 Å². The molecule has 0 atom stereocenters. The summed E-state index contributed by atoms with van der Waals surface area (Å²) in [6.45, 7) is 7.15. The number of aromatic amines is 1. The van der Waals surface area contributed by atoms with E-state index in [-0.39, 0.29) is 22.7 Å². The van der Waals surface area contributed by atoms with Crippen LogP contribution in [0.15, 0.2) is 53.3 Å². The molecule has 1 aliphatic heterocycles. The Kier molecular flexibility index (Phi) is 6.94. The summed E-state index contributed by atoms with van der Waals surface area (Å²) in [6, 6.07) is 14.9. The maximum absolute atomic E-state index is 12.8. The van der Waals surface area contributed by atoms with Gasteiger partial charge in [-0.2, -0.15) is 0 Å². The van der Waals surface area contributed by atoms with E-state index < -0.39 is 0 Å². The molecule has 2 heterocycles. The molecule has 1 aliphatic rings. The molecule has 6 heteroatoms. The van der Waals surface area contributed by atoms with E-state index in [2.05, 4.69) is 23.7 Å². The van der Waals surface area contributed by atoms with Gasteiger partial charge in [0.1, 0.15) is 11.6 Å². The third-order valence-electron chi connectivity index (χ3n) is 6.86. The van der Waals surface area contributed by atoms with Crippen molar-refractivity contribution in [3.05, 3.63) is 70.3 Å². The van der Waals surface area contributed by atoms with Crippen molar-refractivity contribution in [1.29, 1.82) is 0 Å². The maximum atomic E-state index is 12.8. The average molecular weight is 448 g/mol. The van der Waals surface area contributed by atoms with E-state index in [4.69, 9.17) is 9.72 Å². The van der Waals surface area contributed by atoms with E-state index in [0.29, 0.717) is 5.39 Å². The zero-order valence-corrected chi connectivity index (χ0v) is 19.8. The second kappa shape index (κ2) is 9.87. The molecule has 0 saturated carbocycles. The van der Waals surface area contributed by atoms with Crippen molar-refractivity contribution < 1.29 is 9.53 Å². The molecule has 1 N–H and O–H groups in total. The summed E-state index contributed by atoms with van der Waals surface area (Å²) in [5, 5.41) is 0.629. The highest BCUT2D eigenvalue weighted by Crippen LogP contribution is 2.27. The monoisotopic (exact) mass is 447 g/mol. The highest BCUT2D eigenvalue weighted by Gasteiger charge is 2.27. The maximum Gasteiger partial charge on any atom is 0.258 e. The number of Topliss-reactive ketones (excluding diaryl/α,β-unsaturated/α-hetero) is 1. The van der Waals surface area contributed by atoms with Gasteiger partial charge in [0.25, 0.3) is 5.56 Å². The smallest absolute Gasteiger partial charge is 0.258 e. The number of methoxy groups -OCH3 is 1. The first-order chi connectivity index (χ1) is 15.9. The molecule has 0 radical (unpaired) electrons. The number of hydrogen-bond donors (Lipinski definition) is 1. The van der Waals surface area contributed by atoms with Crippen LogP contribution >= 0.6 is 0 Å². The van der Waals surface area contributed by atoms with Crippen LogP contribution in [-0.4, -0.2) is 47.4 Å². The lowest BCUT2D eigenvalue weighted by molar-refractivity contribution is 0.0837. The van der Waals surface area contributed by atoms with E-state index >= 15 is 0 Å². The predicted molar refractivity (Wildman–Crippen MR) is 131 cm³/mol. The number of hydrogen-bond acceptors (Lipinski definition) is 5. The molecule has 4 rings (SSSR count). The van der Waals surface area contributed by atoms with Gasteiger partial charge in [0.15, 0.2) is 5.78 Å². The molecule has 2 aromatic carbocycles. The molecule has 0 bridgehead atoms. The first-order valence-corrected chi connectivity index (χ1v) is 11.8. The summed E-state index contributed by atoms with van der Waals surface area (Å²) in [7, 11) is 1.63. The summed E-state index contributed by atoms with van der Waals surface area (Å²) < 4.78 is 5.18. The number of nitrogens with zero attached hydrogens (tertiary/aromatic N) is 2. The lowest BCUT2D eigenvalue weighted by Crippen LogP contribution is -2.37. The topological polar surface area (TPSA) is 75.3 Å².